The van der Waals surface area contributed by atoms with Crippen LogP contribution in [-0.2, 0) is 13.2 Å². The minimum absolute atomic E-state index is 0.113. The summed E-state index contributed by atoms with van der Waals surface area (Å²) >= 11 is 18.1. The van der Waals surface area contributed by atoms with E-state index in [1.165, 1.54) is 5.56 Å². The molecule has 2 heterocycles. The summed E-state index contributed by atoms with van der Waals surface area (Å²) in [5, 5.41) is 1.70. The van der Waals surface area contributed by atoms with E-state index in [0.717, 1.165) is 24.7 Å². The molecular formula is C23H21Cl3N2O3. The molecule has 1 aliphatic heterocycles. The molecule has 0 radical (unpaired) electrons. The Hall–Kier alpha value is -2.18. The molecular weight excluding hydrogens is 459 g/mol. The summed E-state index contributed by atoms with van der Waals surface area (Å²) in [6, 6.07) is 16.3. The van der Waals surface area contributed by atoms with Crippen LogP contribution >= 0.6 is 34.8 Å². The number of rotatable bonds is 6. The summed E-state index contributed by atoms with van der Waals surface area (Å²) in [5.74, 6) is 1.25. The minimum atomic E-state index is -0.113. The van der Waals surface area contributed by atoms with Gasteiger partial charge in [-0.1, -0.05) is 46.9 Å². The average Bonchev–Trinajstić information content (AvgIpc) is 3.22. The lowest BCUT2D eigenvalue weighted by atomic mass is 10.2. The summed E-state index contributed by atoms with van der Waals surface area (Å²) in [6.07, 6.45) is 0. The van der Waals surface area contributed by atoms with Gasteiger partial charge in [-0.3, -0.25) is 9.69 Å². The van der Waals surface area contributed by atoms with Crippen LogP contribution in [0, 0.1) is 0 Å². The van der Waals surface area contributed by atoms with Crippen LogP contribution in [0.2, 0.25) is 15.1 Å². The van der Waals surface area contributed by atoms with Crippen molar-refractivity contribution in [2.24, 2.45) is 0 Å². The van der Waals surface area contributed by atoms with Crippen molar-refractivity contribution in [3.05, 3.63) is 86.7 Å². The van der Waals surface area contributed by atoms with E-state index in [1.54, 1.807) is 30.3 Å². The van der Waals surface area contributed by atoms with Crippen molar-refractivity contribution in [1.82, 2.24) is 9.80 Å². The maximum atomic E-state index is 12.8. The summed E-state index contributed by atoms with van der Waals surface area (Å²) in [5.41, 5.74) is 1.17. The van der Waals surface area contributed by atoms with E-state index in [-0.39, 0.29) is 12.5 Å². The smallest absolute Gasteiger partial charge is 0.289 e. The van der Waals surface area contributed by atoms with Crippen LogP contribution in [0.5, 0.6) is 5.75 Å². The van der Waals surface area contributed by atoms with Crippen LogP contribution in [0.15, 0.2) is 59.0 Å². The number of hydrogen-bond acceptors (Lipinski definition) is 4. The van der Waals surface area contributed by atoms with Gasteiger partial charge >= 0.3 is 0 Å². The first-order chi connectivity index (χ1) is 15.0. The number of halogens is 3. The van der Waals surface area contributed by atoms with Crippen LogP contribution in [-0.4, -0.2) is 41.9 Å². The molecule has 4 rings (SSSR count). The van der Waals surface area contributed by atoms with E-state index in [4.69, 9.17) is 44.0 Å². The second-order valence-electron chi connectivity index (χ2n) is 7.33. The maximum Gasteiger partial charge on any atom is 0.289 e. The molecule has 1 fully saturated rings. The first-order valence-electron chi connectivity index (χ1n) is 9.90. The second-order valence-corrected chi connectivity index (χ2v) is 8.61. The third-order valence-corrected chi connectivity index (χ3v) is 5.86. The molecule has 0 N–H and O–H groups in total. The van der Waals surface area contributed by atoms with Gasteiger partial charge in [0.25, 0.3) is 5.91 Å². The molecule has 0 bridgehead atoms. The Bertz CT molecular complexity index is 1060. The lowest BCUT2D eigenvalue weighted by Crippen LogP contribution is -2.48. The Kier molecular flexibility index (Phi) is 7.08. The molecule has 1 aliphatic rings. The fourth-order valence-electron chi connectivity index (χ4n) is 3.47. The zero-order valence-electron chi connectivity index (χ0n) is 16.7. The molecule has 1 aromatic heterocycles. The molecule has 2 aromatic carbocycles. The molecule has 0 aliphatic carbocycles. The fourth-order valence-corrected chi connectivity index (χ4v) is 4.15. The molecule has 1 saturated heterocycles. The van der Waals surface area contributed by atoms with Crippen LogP contribution in [0.3, 0.4) is 0 Å². The van der Waals surface area contributed by atoms with Gasteiger partial charge in [0, 0.05) is 42.8 Å². The molecule has 8 heteroatoms. The van der Waals surface area contributed by atoms with Crippen molar-refractivity contribution >= 4 is 40.7 Å². The Balaban J connectivity index is 1.29. The predicted octanol–water partition coefficient (Wildman–Crippen LogP) is 5.78. The van der Waals surface area contributed by atoms with Crippen molar-refractivity contribution in [1.29, 1.82) is 0 Å². The number of carbonyl (C=O) groups is 1. The first kappa shape index (κ1) is 22.0. The number of amides is 1. The lowest BCUT2D eigenvalue weighted by Gasteiger charge is -2.34. The Labute approximate surface area is 196 Å². The SMILES string of the molecule is O=C(c1ccc(COc2ccc(Cl)cc2Cl)o1)N1CCN(Cc2cccc(Cl)c2)CC1. The summed E-state index contributed by atoms with van der Waals surface area (Å²) in [4.78, 5) is 16.9. The van der Waals surface area contributed by atoms with Gasteiger partial charge in [-0.15, -0.1) is 0 Å². The van der Waals surface area contributed by atoms with E-state index in [9.17, 15) is 4.79 Å². The summed E-state index contributed by atoms with van der Waals surface area (Å²) in [6.45, 7) is 3.87. The van der Waals surface area contributed by atoms with Crippen LogP contribution in [0.4, 0.5) is 0 Å². The zero-order chi connectivity index (χ0) is 21.8. The number of carbonyl (C=O) groups excluding carboxylic acids is 1. The minimum Gasteiger partial charge on any atom is -0.484 e. The van der Waals surface area contributed by atoms with Crippen molar-refractivity contribution in [2.45, 2.75) is 13.2 Å². The highest BCUT2D eigenvalue weighted by atomic mass is 35.5. The molecule has 162 valence electrons. The number of benzene rings is 2. The van der Waals surface area contributed by atoms with Crippen LogP contribution in [0.1, 0.15) is 21.9 Å². The van der Waals surface area contributed by atoms with Crippen LogP contribution in [0.25, 0.3) is 0 Å². The van der Waals surface area contributed by atoms with Gasteiger partial charge in [0.05, 0.1) is 5.02 Å². The van der Waals surface area contributed by atoms with E-state index in [2.05, 4.69) is 11.0 Å². The highest BCUT2D eigenvalue weighted by molar-refractivity contribution is 6.35. The van der Waals surface area contributed by atoms with Gasteiger partial charge in [0.2, 0.25) is 0 Å². The zero-order valence-corrected chi connectivity index (χ0v) is 19.0. The van der Waals surface area contributed by atoms with Gasteiger partial charge in [0.1, 0.15) is 18.1 Å². The lowest BCUT2D eigenvalue weighted by molar-refractivity contribution is 0.0594. The third-order valence-electron chi connectivity index (χ3n) is 5.09. The molecule has 3 aromatic rings. The molecule has 1 amide bonds. The highest BCUT2D eigenvalue weighted by Crippen LogP contribution is 2.28. The summed E-state index contributed by atoms with van der Waals surface area (Å²) < 4.78 is 11.4. The second kappa shape index (κ2) is 9.96. The van der Waals surface area contributed by atoms with Gasteiger partial charge in [-0.05, 0) is 48.0 Å². The van der Waals surface area contributed by atoms with Crippen molar-refractivity contribution in [3.63, 3.8) is 0 Å². The average molecular weight is 480 g/mol. The van der Waals surface area contributed by atoms with E-state index >= 15 is 0 Å². The third kappa shape index (κ3) is 5.74. The molecule has 0 atom stereocenters. The van der Waals surface area contributed by atoms with Gasteiger partial charge in [0.15, 0.2) is 5.76 Å². The molecule has 0 spiro atoms. The Morgan fingerprint density at radius 2 is 1.71 bits per heavy atom. The largest absolute Gasteiger partial charge is 0.484 e. The number of hydrogen-bond donors (Lipinski definition) is 0. The fraction of sp³-hybridized carbons (Fsp3) is 0.261. The molecule has 31 heavy (non-hydrogen) atoms. The van der Waals surface area contributed by atoms with Gasteiger partial charge in [-0.25, -0.2) is 0 Å². The van der Waals surface area contributed by atoms with E-state index < -0.39 is 0 Å². The maximum absolute atomic E-state index is 12.8. The standard InChI is InChI=1S/C23H21Cl3N2O3/c24-17-3-1-2-16(12-17)14-27-8-10-28(11-9-27)23(29)22-7-5-19(31-22)15-30-21-6-4-18(25)13-20(21)26/h1-7,12-13H,8-11,14-15H2. The van der Waals surface area contributed by atoms with Gasteiger partial charge in [-0.2, -0.15) is 0 Å². The number of nitrogens with zero attached hydrogens (tertiary/aromatic N) is 2. The van der Waals surface area contributed by atoms with Crippen molar-refractivity contribution in [3.8, 4) is 5.75 Å². The first-order valence-corrected chi connectivity index (χ1v) is 11.0. The number of ether oxygens (including phenoxy) is 1. The van der Waals surface area contributed by atoms with Gasteiger partial charge < -0.3 is 14.1 Å². The highest BCUT2D eigenvalue weighted by Gasteiger charge is 2.24. The quantitative estimate of drug-likeness (QED) is 0.450. The molecule has 0 unspecified atom stereocenters. The van der Waals surface area contributed by atoms with Crippen molar-refractivity contribution in [2.75, 3.05) is 26.2 Å². The number of furan rings is 1. The Morgan fingerprint density at radius 3 is 2.45 bits per heavy atom. The number of piperazine rings is 1. The Morgan fingerprint density at radius 1 is 0.935 bits per heavy atom. The molecule has 0 saturated carbocycles. The van der Waals surface area contributed by atoms with E-state index in [1.807, 2.05) is 23.1 Å². The predicted molar refractivity (Wildman–Crippen MR) is 122 cm³/mol. The molecule has 5 nitrogen and oxygen atoms in total. The summed E-state index contributed by atoms with van der Waals surface area (Å²) in [7, 11) is 0. The van der Waals surface area contributed by atoms with Crippen LogP contribution < -0.4 is 4.74 Å². The van der Waals surface area contributed by atoms with Crippen molar-refractivity contribution < 1.29 is 13.9 Å². The van der Waals surface area contributed by atoms with E-state index in [0.29, 0.717) is 40.4 Å². The monoisotopic (exact) mass is 478 g/mol. The topological polar surface area (TPSA) is 45.9 Å². The normalized spacial score (nSPS) is 14.6.